The van der Waals surface area contributed by atoms with Gasteiger partial charge in [-0.05, 0) is 43.4 Å². The molecule has 0 spiro atoms. The van der Waals surface area contributed by atoms with Crippen LogP contribution in [0.2, 0.25) is 0 Å². The Hall–Kier alpha value is -0.870. The SMILES string of the molecule is CC(C)C(C)(NC(=O)C1CCCO1)c1ccc(Br)cc1. The first kappa shape index (κ1) is 15.5. The molecule has 110 valence electrons. The minimum atomic E-state index is -0.385. The zero-order chi connectivity index (χ0) is 14.8. The molecule has 1 saturated heterocycles. The molecule has 0 saturated carbocycles. The molecule has 0 radical (unpaired) electrons. The van der Waals surface area contributed by atoms with Crippen molar-refractivity contribution in [3.8, 4) is 0 Å². The van der Waals surface area contributed by atoms with Crippen LogP contribution in [0.5, 0.6) is 0 Å². The molecular weight excluding hydrogens is 318 g/mol. The Bertz CT molecular complexity index is 466. The van der Waals surface area contributed by atoms with E-state index in [2.05, 4.69) is 54.2 Å². The largest absolute Gasteiger partial charge is 0.368 e. The second kappa shape index (κ2) is 6.27. The van der Waals surface area contributed by atoms with E-state index in [0.717, 1.165) is 22.9 Å². The molecule has 1 heterocycles. The number of hydrogen-bond donors (Lipinski definition) is 1. The predicted molar refractivity (Wildman–Crippen MR) is 83.4 cm³/mol. The van der Waals surface area contributed by atoms with E-state index in [-0.39, 0.29) is 23.5 Å². The molecule has 0 aromatic heterocycles. The monoisotopic (exact) mass is 339 g/mol. The van der Waals surface area contributed by atoms with E-state index < -0.39 is 0 Å². The first-order valence-corrected chi connectivity index (χ1v) is 7.92. The first-order valence-electron chi connectivity index (χ1n) is 7.13. The summed E-state index contributed by atoms with van der Waals surface area (Å²) in [5.74, 6) is 0.288. The zero-order valence-corrected chi connectivity index (χ0v) is 13.9. The molecule has 2 unspecified atom stereocenters. The molecule has 3 nitrogen and oxygen atoms in total. The third kappa shape index (κ3) is 3.23. The van der Waals surface area contributed by atoms with Gasteiger partial charge in [-0.15, -0.1) is 0 Å². The van der Waals surface area contributed by atoms with Gasteiger partial charge >= 0.3 is 0 Å². The van der Waals surface area contributed by atoms with Crippen LogP contribution in [0.1, 0.15) is 39.2 Å². The molecule has 0 aliphatic carbocycles. The molecule has 2 rings (SSSR count). The van der Waals surface area contributed by atoms with Gasteiger partial charge in [0.15, 0.2) is 0 Å². The summed E-state index contributed by atoms with van der Waals surface area (Å²) in [5.41, 5.74) is 0.728. The standard InChI is InChI=1S/C16H22BrNO2/c1-11(2)16(3,12-6-8-13(17)9-7-12)18-15(19)14-5-4-10-20-14/h6-9,11,14H,4-5,10H2,1-3H3,(H,18,19). The topological polar surface area (TPSA) is 38.3 Å². The van der Waals surface area contributed by atoms with Gasteiger partial charge in [0, 0.05) is 11.1 Å². The Morgan fingerprint density at radius 3 is 2.55 bits per heavy atom. The Morgan fingerprint density at radius 1 is 1.40 bits per heavy atom. The van der Waals surface area contributed by atoms with Crippen LogP contribution >= 0.6 is 15.9 Å². The van der Waals surface area contributed by atoms with E-state index >= 15 is 0 Å². The van der Waals surface area contributed by atoms with Crippen molar-refractivity contribution in [2.24, 2.45) is 5.92 Å². The smallest absolute Gasteiger partial charge is 0.249 e. The maximum absolute atomic E-state index is 12.4. The number of benzene rings is 1. The van der Waals surface area contributed by atoms with Crippen molar-refractivity contribution in [2.45, 2.75) is 45.3 Å². The first-order chi connectivity index (χ1) is 9.43. The summed E-state index contributed by atoms with van der Waals surface area (Å²) in [6.45, 7) is 7.01. The van der Waals surface area contributed by atoms with Crippen molar-refractivity contribution in [3.05, 3.63) is 34.3 Å². The van der Waals surface area contributed by atoms with E-state index in [4.69, 9.17) is 4.74 Å². The fraction of sp³-hybridized carbons (Fsp3) is 0.562. The molecular formula is C16H22BrNO2. The van der Waals surface area contributed by atoms with Crippen LogP contribution in [0.15, 0.2) is 28.7 Å². The lowest BCUT2D eigenvalue weighted by Gasteiger charge is -2.36. The van der Waals surface area contributed by atoms with Crippen LogP contribution in [-0.2, 0) is 15.1 Å². The van der Waals surface area contributed by atoms with Gasteiger partial charge in [-0.25, -0.2) is 0 Å². The van der Waals surface area contributed by atoms with Gasteiger partial charge < -0.3 is 10.1 Å². The highest BCUT2D eigenvalue weighted by atomic mass is 79.9. The second-order valence-electron chi connectivity index (χ2n) is 5.85. The van der Waals surface area contributed by atoms with Crippen molar-refractivity contribution in [1.29, 1.82) is 0 Å². The molecule has 1 N–H and O–H groups in total. The highest BCUT2D eigenvalue weighted by Gasteiger charge is 2.35. The summed E-state index contributed by atoms with van der Waals surface area (Å²) in [6, 6.07) is 8.13. The van der Waals surface area contributed by atoms with E-state index in [9.17, 15) is 4.79 Å². The minimum absolute atomic E-state index is 0.00150. The van der Waals surface area contributed by atoms with E-state index in [1.54, 1.807) is 0 Å². The van der Waals surface area contributed by atoms with Crippen LogP contribution < -0.4 is 5.32 Å². The van der Waals surface area contributed by atoms with Crippen molar-refractivity contribution >= 4 is 21.8 Å². The summed E-state index contributed by atoms with van der Waals surface area (Å²) in [4.78, 5) is 12.4. The average Bonchev–Trinajstić information content (AvgIpc) is 2.93. The molecule has 2 atom stereocenters. The van der Waals surface area contributed by atoms with Crippen LogP contribution in [0.25, 0.3) is 0 Å². The number of amides is 1. The van der Waals surface area contributed by atoms with Crippen molar-refractivity contribution in [2.75, 3.05) is 6.61 Å². The summed E-state index contributed by atoms with van der Waals surface area (Å²) >= 11 is 3.45. The molecule has 1 amide bonds. The fourth-order valence-corrected chi connectivity index (χ4v) is 2.73. The lowest BCUT2D eigenvalue weighted by Crippen LogP contribution is -2.50. The summed E-state index contributed by atoms with van der Waals surface area (Å²) in [6.07, 6.45) is 1.50. The Balaban J connectivity index is 2.20. The normalized spacial score (nSPS) is 21.8. The quantitative estimate of drug-likeness (QED) is 0.909. The number of rotatable bonds is 4. The summed E-state index contributed by atoms with van der Waals surface area (Å²) in [7, 11) is 0. The Morgan fingerprint density at radius 2 is 2.05 bits per heavy atom. The van der Waals surface area contributed by atoms with E-state index in [0.29, 0.717) is 6.61 Å². The van der Waals surface area contributed by atoms with Crippen LogP contribution in [0, 0.1) is 5.92 Å². The molecule has 1 fully saturated rings. The van der Waals surface area contributed by atoms with E-state index in [1.807, 2.05) is 12.1 Å². The number of hydrogen-bond acceptors (Lipinski definition) is 2. The van der Waals surface area contributed by atoms with Gasteiger partial charge in [0.2, 0.25) is 5.91 Å². The number of ether oxygens (including phenoxy) is 1. The predicted octanol–water partition coefficient (Wildman–Crippen LogP) is 3.62. The number of nitrogens with one attached hydrogen (secondary N) is 1. The maximum atomic E-state index is 12.4. The molecule has 0 bridgehead atoms. The maximum Gasteiger partial charge on any atom is 0.249 e. The molecule has 1 aliphatic heterocycles. The van der Waals surface area contributed by atoms with Crippen molar-refractivity contribution in [1.82, 2.24) is 5.32 Å². The van der Waals surface area contributed by atoms with Crippen LogP contribution in [0.3, 0.4) is 0 Å². The Kier molecular flexibility index (Phi) is 4.86. The lowest BCUT2D eigenvalue weighted by atomic mass is 9.81. The number of carbonyl (C=O) groups is 1. The number of halogens is 1. The third-order valence-electron chi connectivity index (χ3n) is 4.20. The fourth-order valence-electron chi connectivity index (χ4n) is 2.47. The van der Waals surface area contributed by atoms with Gasteiger partial charge in [0.1, 0.15) is 6.10 Å². The van der Waals surface area contributed by atoms with Gasteiger partial charge in [-0.2, -0.15) is 0 Å². The highest BCUT2D eigenvalue weighted by Crippen LogP contribution is 2.30. The zero-order valence-electron chi connectivity index (χ0n) is 12.3. The van der Waals surface area contributed by atoms with Gasteiger partial charge in [0.05, 0.1) is 5.54 Å². The van der Waals surface area contributed by atoms with Gasteiger partial charge in [-0.3, -0.25) is 4.79 Å². The highest BCUT2D eigenvalue weighted by molar-refractivity contribution is 9.10. The average molecular weight is 340 g/mol. The van der Waals surface area contributed by atoms with Crippen molar-refractivity contribution < 1.29 is 9.53 Å². The lowest BCUT2D eigenvalue weighted by molar-refractivity contribution is -0.132. The molecule has 4 heteroatoms. The van der Waals surface area contributed by atoms with Gasteiger partial charge in [0.25, 0.3) is 0 Å². The van der Waals surface area contributed by atoms with Crippen molar-refractivity contribution in [3.63, 3.8) is 0 Å². The molecule has 1 aromatic rings. The molecule has 1 aliphatic rings. The van der Waals surface area contributed by atoms with Crippen LogP contribution in [-0.4, -0.2) is 18.6 Å². The summed E-state index contributed by atoms with van der Waals surface area (Å²) < 4.78 is 6.52. The third-order valence-corrected chi connectivity index (χ3v) is 4.73. The van der Waals surface area contributed by atoms with E-state index in [1.165, 1.54) is 0 Å². The molecule has 1 aromatic carbocycles. The number of carbonyl (C=O) groups excluding carboxylic acids is 1. The van der Waals surface area contributed by atoms with Crippen LogP contribution in [0.4, 0.5) is 0 Å². The second-order valence-corrected chi connectivity index (χ2v) is 6.77. The molecule has 20 heavy (non-hydrogen) atoms. The van der Waals surface area contributed by atoms with Gasteiger partial charge in [-0.1, -0.05) is 41.9 Å². The summed E-state index contributed by atoms with van der Waals surface area (Å²) in [5, 5.41) is 3.19. The minimum Gasteiger partial charge on any atom is -0.368 e. The Labute approximate surface area is 129 Å².